The van der Waals surface area contributed by atoms with E-state index in [-0.39, 0.29) is 0 Å². The Hall–Kier alpha value is -0.740. The van der Waals surface area contributed by atoms with E-state index in [4.69, 9.17) is 4.74 Å². The van der Waals surface area contributed by atoms with Gasteiger partial charge in [0.1, 0.15) is 11.6 Å². The number of rotatable bonds is 7. The van der Waals surface area contributed by atoms with Crippen LogP contribution in [0.1, 0.15) is 31.9 Å². The predicted octanol–water partition coefficient (Wildman–Crippen LogP) is 3.40. The molecule has 0 unspecified atom stereocenters. The number of hydrogen-bond acceptors (Lipinski definition) is 3. The molecule has 0 saturated carbocycles. The second-order valence-electron chi connectivity index (χ2n) is 3.76. The summed E-state index contributed by atoms with van der Waals surface area (Å²) >= 11 is 1.87. The van der Waals surface area contributed by atoms with Gasteiger partial charge in [-0.05, 0) is 37.0 Å². The minimum absolute atomic E-state index is 0.305. The Kier molecular flexibility index (Phi) is 6.37. The fraction of sp³-hybridized carbons (Fsp3) is 0.538. The maximum Gasteiger partial charge on any atom is 0.132 e. The summed E-state index contributed by atoms with van der Waals surface area (Å²) in [6, 6.07) is 4.59. The Labute approximate surface area is 106 Å². The van der Waals surface area contributed by atoms with Gasteiger partial charge in [-0.15, -0.1) is 0 Å². The van der Waals surface area contributed by atoms with Crippen LogP contribution < -0.4 is 4.74 Å². The lowest BCUT2D eigenvalue weighted by molar-refractivity contribution is 0.194. The van der Waals surface area contributed by atoms with Crippen molar-refractivity contribution < 1.29 is 14.2 Å². The molecule has 0 radical (unpaired) electrons. The van der Waals surface area contributed by atoms with Crippen LogP contribution in [0.4, 0.5) is 4.39 Å². The zero-order valence-corrected chi connectivity index (χ0v) is 11.1. The SMILES string of the molecule is CCSCCCOc1ccc([C@@H](C)O)c(F)c1. The molecule has 0 amide bonds. The average Bonchev–Trinajstić information content (AvgIpc) is 2.28. The zero-order valence-electron chi connectivity index (χ0n) is 10.3. The number of aliphatic hydroxyl groups is 1. The van der Waals surface area contributed by atoms with Crippen molar-refractivity contribution in [2.75, 3.05) is 18.1 Å². The third-order valence-electron chi connectivity index (χ3n) is 2.33. The molecule has 1 aromatic carbocycles. The van der Waals surface area contributed by atoms with Crippen molar-refractivity contribution in [1.29, 1.82) is 0 Å². The standard InChI is InChI=1S/C13H19FO2S/c1-3-17-8-4-7-16-11-5-6-12(10(2)15)13(14)9-11/h5-6,9-10,15H,3-4,7-8H2,1-2H3/t10-/m1/s1. The van der Waals surface area contributed by atoms with Crippen molar-refractivity contribution >= 4 is 11.8 Å². The van der Waals surface area contributed by atoms with E-state index in [0.29, 0.717) is 17.9 Å². The van der Waals surface area contributed by atoms with Crippen LogP contribution in [-0.2, 0) is 0 Å². The highest BCUT2D eigenvalue weighted by molar-refractivity contribution is 7.99. The molecule has 0 heterocycles. The molecule has 1 atom stereocenters. The van der Waals surface area contributed by atoms with Gasteiger partial charge >= 0.3 is 0 Å². The topological polar surface area (TPSA) is 29.5 Å². The number of halogens is 1. The van der Waals surface area contributed by atoms with Gasteiger partial charge in [-0.2, -0.15) is 11.8 Å². The number of hydrogen-bond donors (Lipinski definition) is 1. The van der Waals surface area contributed by atoms with E-state index < -0.39 is 11.9 Å². The summed E-state index contributed by atoms with van der Waals surface area (Å²) in [7, 11) is 0. The summed E-state index contributed by atoms with van der Waals surface area (Å²) in [4.78, 5) is 0. The van der Waals surface area contributed by atoms with E-state index in [1.807, 2.05) is 11.8 Å². The molecule has 0 saturated heterocycles. The fourth-order valence-corrected chi connectivity index (χ4v) is 2.04. The molecular formula is C13H19FO2S. The van der Waals surface area contributed by atoms with Crippen molar-refractivity contribution in [3.8, 4) is 5.75 Å². The Morgan fingerprint density at radius 1 is 1.47 bits per heavy atom. The first kappa shape index (κ1) is 14.3. The van der Waals surface area contributed by atoms with Gasteiger partial charge in [0.2, 0.25) is 0 Å². The van der Waals surface area contributed by atoms with Gasteiger partial charge in [-0.25, -0.2) is 4.39 Å². The fourth-order valence-electron chi connectivity index (χ4n) is 1.43. The molecule has 1 aromatic rings. The molecular weight excluding hydrogens is 239 g/mol. The molecule has 0 aliphatic heterocycles. The van der Waals surface area contributed by atoms with E-state index in [0.717, 1.165) is 17.9 Å². The molecule has 0 aliphatic rings. The van der Waals surface area contributed by atoms with Gasteiger partial charge in [-0.1, -0.05) is 6.92 Å². The van der Waals surface area contributed by atoms with E-state index in [9.17, 15) is 9.50 Å². The summed E-state index contributed by atoms with van der Waals surface area (Å²) in [6.07, 6.45) is 0.170. The van der Waals surface area contributed by atoms with Gasteiger partial charge in [-0.3, -0.25) is 0 Å². The summed E-state index contributed by atoms with van der Waals surface area (Å²) in [5.41, 5.74) is 0.305. The minimum atomic E-state index is -0.787. The first-order valence-electron chi connectivity index (χ1n) is 5.83. The van der Waals surface area contributed by atoms with Gasteiger partial charge in [0, 0.05) is 11.6 Å². The molecule has 17 heavy (non-hydrogen) atoms. The highest BCUT2D eigenvalue weighted by Gasteiger charge is 2.08. The first-order chi connectivity index (χ1) is 8.15. The van der Waals surface area contributed by atoms with Gasteiger partial charge in [0.15, 0.2) is 0 Å². The molecule has 96 valence electrons. The lowest BCUT2D eigenvalue weighted by atomic mass is 10.1. The zero-order chi connectivity index (χ0) is 12.7. The predicted molar refractivity (Wildman–Crippen MR) is 70.1 cm³/mol. The second-order valence-corrected chi connectivity index (χ2v) is 5.15. The Morgan fingerprint density at radius 2 is 2.24 bits per heavy atom. The molecule has 1 rings (SSSR count). The number of aliphatic hydroxyl groups excluding tert-OH is 1. The summed E-state index contributed by atoms with van der Waals surface area (Å²) in [5, 5.41) is 9.29. The molecule has 0 bridgehead atoms. The molecule has 0 aromatic heterocycles. The van der Waals surface area contributed by atoms with Gasteiger partial charge in [0.25, 0.3) is 0 Å². The van der Waals surface area contributed by atoms with Crippen molar-refractivity contribution in [2.24, 2.45) is 0 Å². The van der Waals surface area contributed by atoms with E-state index in [1.165, 1.54) is 6.07 Å². The third kappa shape index (κ3) is 4.96. The molecule has 1 N–H and O–H groups in total. The van der Waals surface area contributed by atoms with Gasteiger partial charge < -0.3 is 9.84 Å². The maximum atomic E-state index is 13.5. The van der Waals surface area contributed by atoms with E-state index >= 15 is 0 Å². The van der Waals surface area contributed by atoms with Crippen LogP contribution in [0.3, 0.4) is 0 Å². The van der Waals surface area contributed by atoms with Crippen LogP contribution in [0.15, 0.2) is 18.2 Å². The van der Waals surface area contributed by atoms with Crippen molar-refractivity contribution in [3.05, 3.63) is 29.6 Å². The Morgan fingerprint density at radius 3 is 2.82 bits per heavy atom. The number of ether oxygens (including phenoxy) is 1. The van der Waals surface area contributed by atoms with E-state index in [2.05, 4.69) is 6.92 Å². The third-order valence-corrected chi connectivity index (χ3v) is 3.31. The minimum Gasteiger partial charge on any atom is -0.493 e. The maximum absolute atomic E-state index is 13.5. The Balaban J connectivity index is 2.42. The summed E-state index contributed by atoms with van der Waals surface area (Å²) < 4.78 is 18.9. The van der Waals surface area contributed by atoms with Crippen LogP contribution in [0, 0.1) is 5.82 Å². The monoisotopic (exact) mass is 258 g/mol. The lowest BCUT2D eigenvalue weighted by Gasteiger charge is -2.09. The molecule has 2 nitrogen and oxygen atoms in total. The van der Waals surface area contributed by atoms with Crippen LogP contribution in [0.25, 0.3) is 0 Å². The van der Waals surface area contributed by atoms with Crippen molar-refractivity contribution in [2.45, 2.75) is 26.4 Å². The van der Waals surface area contributed by atoms with Crippen LogP contribution >= 0.6 is 11.8 Å². The summed E-state index contributed by atoms with van der Waals surface area (Å²) in [5.74, 6) is 2.27. The lowest BCUT2D eigenvalue weighted by Crippen LogP contribution is -2.01. The molecule has 0 aliphatic carbocycles. The van der Waals surface area contributed by atoms with Gasteiger partial charge in [0.05, 0.1) is 12.7 Å². The average molecular weight is 258 g/mol. The highest BCUT2D eigenvalue weighted by atomic mass is 32.2. The highest BCUT2D eigenvalue weighted by Crippen LogP contribution is 2.21. The molecule has 0 spiro atoms. The first-order valence-corrected chi connectivity index (χ1v) is 6.98. The number of benzene rings is 1. The molecule has 4 heteroatoms. The quantitative estimate of drug-likeness (QED) is 0.760. The Bertz CT molecular complexity index is 342. The van der Waals surface area contributed by atoms with Crippen LogP contribution in [0.2, 0.25) is 0 Å². The van der Waals surface area contributed by atoms with Crippen LogP contribution in [-0.4, -0.2) is 23.2 Å². The normalized spacial score (nSPS) is 12.5. The van der Waals surface area contributed by atoms with Crippen LogP contribution in [0.5, 0.6) is 5.75 Å². The van der Waals surface area contributed by atoms with Crippen molar-refractivity contribution in [3.63, 3.8) is 0 Å². The number of thioether (sulfide) groups is 1. The summed E-state index contributed by atoms with van der Waals surface area (Å²) in [6.45, 7) is 4.26. The largest absolute Gasteiger partial charge is 0.493 e. The second kappa shape index (κ2) is 7.56. The van der Waals surface area contributed by atoms with E-state index in [1.54, 1.807) is 19.1 Å². The smallest absolute Gasteiger partial charge is 0.132 e. The molecule has 0 fully saturated rings. The van der Waals surface area contributed by atoms with Crippen molar-refractivity contribution in [1.82, 2.24) is 0 Å².